The highest BCUT2D eigenvalue weighted by atomic mass is 16.3. The molecule has 3 fully saturated rings. The van der Waals surface area contributed by atoms with Crippen molar-refractivity contribution < 1.29 is 30.0 Å². The normalized spacial score (nSPS) is 51.3. The lowest BCUT2D eigenvalue weighted by atomic mass is 9.45. The van der Waals surface area contributed by atoms with Crippen molar-refractivity contribution in [1.29, 1.82) is 0 Å². The summed E-state index contributed by atoms with van der Waals surface area (Å²) >= 11 is 0. The molecule has 4 rings (SSSR count). The Kier molecular flexibility index (Phi) is 4.10. The first-order valence-corrected chi connectivity index (χ1v) is 9.76. The quantitative estimate of drug-likeness (QED) is 0.559. The molecule has 148 valence electrons. The molecule has 3 saturated carbocycles. The fraction of sp³-hybridized carbons (Fsp3) is 0.714. The highest BCUT2D eigenvalue weighted by Crippen LogP contribution is 2.67. The molecule has 6 nitrogen and oxygen atoms in total. The van der Waals surface area contributed by atoms with Crippen molar-refractivity contribution in [2.75, 3.05) is 6.61 Å². The number of aliphatic hydroxyl groups is 4. The Morgan fingerprint density at radius 3 is 2.67 bits per heavy atom. The summed E-state index contributed by atoms with van der Waals surface area (Å²) < 4.78 is 0. The minimum Gasteiger partial charge on any atom is -0.393 e. The van der Waals surface area contributed by atoms with Gasteiger partial charge in [0.1, 0.15) is 12.2 Å². The SMILES string of the molecule is C[C@]12C=CC(=O)C=C1[C@@H](O)C[C@@H]1[C@@H]2C(O)C[C@@]2(C)[C@H]1CC[C@]2(O)C(=O)CO. The summed E-state index contributed by atoms with van der Waals surface area (Å²) in [5.74, 6) is -1.08. The van der Waals surface area contributed by atoms with Crippen LogP contribution in [0.2, 0.25) is 0 Å². The topological polar surface area (TPSA) is 115 Å². The zero-order valence-corrected chi connectivity index (χ0v) is 15.8. The molecule has 4 aliphatic carbocycles. The highest BCUT2D eigenvalue weighted by molar-refractivity contribution is 6.01. The molecule has 0 aliphatic heterocycles. The van der Waals surface area contributed by atoms with E-state index in [1.165, 1.54) is 12.2 Å². The standard InChI is InChI=1S/C21H28O6/c1-19-5-3-11(23)7-14(19)15(24)8-12-13-4-6-21(27,17(26)10-22)20(13,2)9-16(25)18(12)19/h3,5,7,12-13,15-16,18,22,24-25,27H,4,6,8-10H2,1-2H3/t12-,13-,15-,16?,18+,19-,20-,21-/m0/s1. The second kappa shape index (κ2) is 5.83. The van der Waals surface area contributed by atoms with Crippen LogP contribution in [0.1, 0.15) is 39.5 Å². The number of fused-ring (bicyclic) bond motifs is 5. The van der Waals surface area contributed by atoms with E-state index in [1.807, 2.05) is 13.8 Å². The van der Waals surface area contributed by atoms with Gasteiger partial charge in [-0.25, -0.2) is 0 Å². The van der Waals surface area contributed by atoms with Gasteiger partial charge in [0.05, 0.1) is 12.2 Å². The summed E-state index contributed by atoms with van der Waals surface area (Å²) in [4.78, 5) is 24.2. The molecule has 0 radical (unpaired) electrons. The first-order chi connectivity index (χ1) is 12.6. The second-order valence-electron chi connectivity index (χ2n) is 9.33. The van der Waals surface area contributed by atoms with E-state index >= 15 is 0 Å². The lowest BCUT2D eigenvalue weighted by molar-refractivity contribution is -0.182. The van der Waals surface area contributed by atoms with Gasteiger partial charge in [-0.05, 0) is 55.2 Å². The van der Waals surface area contributed by atoms with E-state index in [1.54, 1.807) is 6.08 Å². The molecule has 0 bridgehead atoms. The van der Waals surface area contributed by atoms with Crippen molar-refractivity contribution in [1.82, 2.24) is 0 Å². The number of ketones is 2. The van der Waals surface area contributed by atoms with Crippen LogP contribution in [0, 0.1) is 28.6 Å². The number of aliphatic hydroxyl groups excluding tert-OH is 3. The predicted molar refractivity (Wildman–Crippen MR) is 96.4 cm³/mol. The van der Waals surface area contributed by atoms with E-state index in [0.29, 0.717) is 18.4 Å². The average molecular weight is 376 g/mol. The summed E-state index contributed by atoms with van der Waals surface area (Å²) in [6.07, 6.45) is 4.73. The van der Waals surface area contributed by atoms with Crippen molar-refractivity contribution in [3.05, 3.63) is 23.8 Å². The number of carbonyl (C=O) groups is 2. The van der Waals surface area contributed by atoms with Crippen molar-refractivity contribution in [3.8, 4) is 0 Å². The summed E-state index contributed by atoms with van der Waals surface area (Å²) in [6.45, 7) is 3.06. The molecule has 0 spiro atoms. The van der Waals surface area contributed by atoms with Crippen molar-refractivity contribution in [2.24, 2.45) is 28.6 Å². The van der Waals surface area contributed by atoms with E-state index in [-0.39, 0.29) is 36.4 Å². The van der Waals surface area contributed by atoms with Crippen LogP contribution in [0.15, 0.2) is 23.8 Å². The van der Waals surface area contributed by atoms with Gasteiger partial charge in [0, 0.05) is 16.7 Å². The Bertz CT molecular complexity index is 756. The molecule has 4 N–H and O–H groups in total. The lowest BCUT2D eigenvalue weighted by Gasteiger charge is -2.60. The molecule has 0 heterocycles. The Hall–Kier alpha value is -1.34. The Labute approximate surface area is 158 Å². The summed E-state index contributed by atoms with van der Waals surface area (Å²) in [5.41, 5.74) is -2.48. The molecule has 8 atom stereocenters. The molecule has 0 aromatic rings. The van der Waals surface area contributed by atoms with Crippen molar-refractivity contribution in [3.63, 3.8) is 0 Å². The molecule has 6 heteroatoms. The van der Waals surface area contributed by atoms with E-state index in [2.05, 4.69) is 0 Å². The number of hydrogen-bond donors (Lipinski definition) is 4. The van der Waals surface area contributed by atoms with Crippen molar-refractivity contribution in [2.45, 2.75) is 57.3 Å². The lowest BCUT2D eigenvalue weighted by Crippen LogP contribution is -2.63. The van der Waals surface area contributed by atoms with Gasteiger partial charge in [0.25, 0.3) is 0 Å². The van der Waals surface area contributed by atoms with Gasteiger partial charge in [0.15, 0.2) is 11.6 Å². The van der Waals surface area contributed by atoms with Crippen LogP contribution in [0.5, 0.6) is 0 Å². The molecule has 27 heavy (non-hydrogen) atoms. The summed E-state index contributed by atoms with van der Waals surface area (Å²) in [5, 5.41) is 42.5. The number of rotatable bonds is 2. The number of hydrogen-bond acceptors (Lipinski definition) is 6. The fourth-order valence-electron chi connectivity index (χ4n) is 6.97. The Morgan fingerprint density at radius 1 is 1.30 bits per heavy atom. The van der Waals surface area contributed by atoms with Crippen molar-refractivity contribution >= 4 is 11.6 Å². The zero-order valence-electron chi connectivity index (χ0n) is 15.8. The third-order valence-electron chi connectivity index (χ3n) is 8.27. The van der Waals surface area contributed by atoms with Crippen LogP contribution in [-0.2, 0) is 9.59 Å². The van der Waals surface area contributed by atoms with Gasteiger partial charge in [0.2, 0.25) is 0 Å². The number of carbonyl (C=O) groups excluding carboxylic acids is 2. The minimum absolute atomic E-state index is 0.0505. The fourth-order valence-corrected chi connectivity index (χ4v) is 6.97. The van der Waals surface area contributed by atoms with Gasteiger partial charge < -0.3 is 20.4 Å². The largest absolute Gasteiger partial charge is 0.393 e. The van der Waals surface area contributed by atoms with Gasteiger partial charge in [-0.2, -0.15) is 0 Å². The monoisotopic (exact) mass is 376 g/mol. The number of Topliss-reactive ketones (excluding diaryl/α,β-unsaturated/α-hetero) is 1. The average Bonchev–Trinajstić information content (AvgIpc) is 2.87. The molecule has 1 unspecified atom stereocenters. The second-order valence-corrected chi connectivity index (χ2v) is 9.33. The van der Waals surface area contributed by atoms with Crippen LogP contribution in [-0.4, -0.2) is 56.4 Å². The van der Waals surface area contributed by atoms with Crippen LogP contribution in [0.25, 0.3) is 0 Å². The zero-order chi connectivity index (χ0) is 19.8. The summed E-state index contributed by atoms with van der Waals surface area (Å²) in [6, 6.07) is 0. The first kappa shape index (κ1) is 19.0. The Balaban J connectivity index is 1.78. The van der Waals surface area contributed by atoms with E-state index in [0.717, 1.165) is 0 Å². The third kappa shape index (κ3) is 2.27. The maximum atomic E-state index is 12.4. The van der Waals surface area contributed by atoms with E-state index in [4.69, 9.17) is 0 Å². The molecule has 0 saturated heterocycles. The Morgan fingerprint density at radius 2 is 2.00 bits per heavy atom. The predicted octanol–water partition coefficient (Wildman–Crippen LogP) is 0.528. The van der Waals surface area contributed by atoms with Gasteiger partial charge in [-0.3, -0.25) is 9.59 Å². The van der Waals surface area contributed by atoms with Gasteiger partial charge in [-0.1, -0.05) is 19.9 Å². The first-order valence-electron chi connectivity index (χ1n) is 9.76. The maximum Gasteiger partial charge on any atom is 0.190 e. The molecular weight excluding hydrogens is 348 g/mol. The molecule has 0 amide bonds. The van der Waals surface area contributed by atoms with Crippen LogP contribution < -0.4 is 0 Å². The molecular formula is C21H28O6. The number of allylic oxidation sites excluding steroid dienone is 3. The van der Waals surface area contributed by atoms with Gasteiger partial charge in [-0.15, -0.1) is 0 Å². The van der Waals surface area contributed by atoms with E-state index < -0.39 is 41.0 Å². The minimum atomic E-state index is -1.65. The third-order valence-corrected chi connectivity index (χ3v) is 8.27. The summed E-state index contributed by atoms with van der Waals surface area (Å²) in [7, 11) is 0. The van der Waals surface area contributed by atoms with Gasteiger partial charge >= 0.3 is 0 Å². The maximum absolute atomic E-state index is 12.4. The van der Waals surface area contributed by atoms with Crippen LogP contribution in [0.4, 0.5) is 0 Å². The molecule has 0 aromatic heterocycles. The molecule has 4 aliphatic rings. The molecule has 0 aromatic carbocycles. The smallest absolute Gasteiger partial charge is 0.190 e. The van der Waals surface area contributed by atoms with Crippen LogP contribution >= 0.6 is 0 Å². The van der Waals surface area contributed by atoms with Crippen LogP contribution in [0.3, 0.4) is 0 Å². The highest BCUT2D eigenvalue weighted by Gasteiger charge is 2.68. The van der Waals surface area contributed by atoms with E-state index in [9.17, 15) is 30.0 Å².